The zero-order valence-corrected chi connectivity index (χ0v) is 12.7. The Hall–Kier alpha value is -1.36. The minimum atomic E-state index is -0.357. The number of hydrogen-bond donors (Lipinski definition) is 3. The first-order chi connectivity index (χ1) is 9.56. The molecule has 1 saturated carbocycles. The highest BCUT2D eigenvalue weighted by molar-refractivity contribution is 5.55. The van der Waals surface area contributed by atoms with Crippen LogP contribution in [0.25, 0.3) is 0 Å². The summed E-state index contributed by atoms with van der Waals surface area (Å²) >= 11 is 0. The summed E-state index contributed by atoms with van der Waals surface area (Å²) in [7, 11) is 0. The fourth-order valence-electron chi connectivity index (χ4n) is 2.45. The highest BCUT2D eigenvalue weighted by atomic mass is 16.3. The minimum absolute atomic E-state index is 0.324. The maximum Gasteiger partial charge on any atom is 0.136 e. The quantitative estimate of drug-likeness (QED) is 0.713. The van der Waals surface area contributed by atoms with Crippen molar-refractivity contribution in [1.29, 1.82) is 0 Å². The van der Waals surface area contributed by atoms with E-state index in [-0.39, 0.29) is 6.10 Å². The fourth-order valence-corrected chi connectivity index (χ4v) is 2.45. The van der Waals surface area contributed by atoms with Gasteiger partial charge >= 0.3 is 0 Å². The van der Waals surface area contributed by atoms with Gasteiger partial charge in [0, 0.05) is 18.0 Å². The third-order valence-electron chi connectivity index (χ3n) is 4.21. The third-order valence-corrected chi connectivity index (χ3v) is 4.21. The number of hydrogen-bond acceptors (Lipinski definition) is 5. The topological polar surface area (TPSA) is 84.1 Å². The van der Waals surface area contributed by atoms with Crippen LogP contribution in [0.3, 0.4) is 0 Å². The molecule has 1 fully saturated rings. The van der Waals surface area contributed by atoms with Crippen molar-refractivity contribution in [1.82, 2.24) is 9.97 Å². The number of nitrogens with two attached hydrogens (primary N) is 1. The lowest BCUT2D eigenvalue weighted by Crippen LogP contribution is -2.28. The minimum Gasteiger partial charge on any atom is -0.391 e. The second-order valence-corrected chi connectivity index (χ2v) is 5.74. The fraction of sp³-hybridized carbons (Fsp3) is 0.733. The molecule has 0 spiro atoms. The van der Waals surface area contributed by atoms with Gasteiger partial charge < -0.3 is 16.2 Å². The third kappa shape index (κ3) is 3.39. The molecule has 0 aliphatic heterocycles. The van der Waals surface area contributed by atoms with E-state index in [9.17, 15) is 5.11 Å². The van der Waals surface area contributed by atoms with Crippen LogP contribution in [-0.4, -0.2) is 27.7 Å². The number of nitrogens with one attached hydrogen (secondary N) is 1. The lowest BCUT2D eigenvalue weighted by Gasteiger charge is -2.21. The number of anilines is 2. The van der Waals surface area contributed by atoms with Crippen LogP contribution in [0.1, 0.15) is 56.8 Å². The van der Waals surface area contributed by atoms with E-state index in [4.69, 9.17) is 5.73 Å². The zero-order chi connectivity index (χ0) is 14.7. The summed E-state index contributed by atoms with van der Waals surface area (Å²) in [5.74, 6) is 2.95. The molecule has 5 heteroatoms. The highest BCUT2D eigenvalue weighted by Gasteiger charge is 2.28. The van der Waals surface area contributed by atoms with Crippen molar-refractivity contribution in [2.45, 2.75) is 58.5 Å². The molecule has 1 aliphatic carbocycles. The Labute approximate surface area is 121 Å². The largest absolute Gasteiger partial charge is 0.391 e. The first-order valence-electron chi connectivity index (χ1n) is 7.62. The van der Waals surface area contributed by atoms with Crippen LogP contribution in [0.15, 0.2) is 0 Å². The van der Waals surface area contributed by atoms with E-state index in [0.717, 1.165) is 42.9 Å². The van der Waals surface area contributed by atoms with Crippen molar-refractivity contribution in [2.75, 3.05) is 17.6 Å². The van der Waals surface area contributed by atoms with E-state index in [1.54, 1.807) is 0 Å². The molecule has 1 atom stereocenters. The predicted octanol–water partition coefficient (Wildman–Crippen LogP) is 2.45. The van der Waals surface area contributed by atoms with Gasteiger partial charge in [-0.05, 0) is 25.7 Å². The average Bonchev–Trinajstić information content (AvgIpc) is 3.26. The molecule has 2 rings (SSSR count). The highest BCUT2D eigenvalue weighted by Crippen LogP contribution is 2.39. The molecule has 0 radical (unpaired) electrons. The molecule has 1 aliphatic rings. The first-order valence-corrected chi connectivity index (χ1v) is 7.62. The van der Waals surface area contributed by atoms with Crippen LogP contribution < -0.4 is 11.1 Å². The summed E-state index contributed by atoms with van der Waals surface area (Å²) < 4.78 is 0. The molecule has 1 heterocycles. The molecule has 20 heavy (non-hydrogen) atoms. The van der Waals surface area contributed by atoms with Crippen LogP contribution in [0.4, 0.5) is 11.6 Å². The van der Waals surface area contributed by atoms with Gasteiger partial charge in [0.25, 0.3) is 0 Å². The molecular formula is C15H26N4O. The Morgan fingerprint density at radius 1 is 1.30 bits per heavy atom. The molecule has 0 amide bonds. The van der Waals surface area contributed by atoms with Crippen LogP contribution in [0.5, 0.6) is 0 Å². The van der Waals surface area contributed by atoms with Gasteiger partial charge in [0.2, 0.25) is 0 Å². The maximum atomic E-state index is 10.2. The molecule has 5 nitrogen and oxygen atoms in total. The average molecular weight is 278 g/mol. The smallest absolute Gasteiger partial charge is 0.136 e. The van der Waals surface area contributed by atoms with E-state index >= 15 is 0 Å². The number of nitrogens with zero attached hydrogens (tertiary/aromatic N) is 2. The summed E-state index contributed by atoms with van der Waals surface area (Å²) in [6.07, 6.45) is 3.91. The Morgan fingerprint density at radius 2 is 1.95 bits per heavy atom. The van der Waals surface area contributed by atoms with Crippen LogP contribution in [0.2, 0.25) is 0 Å². The van der Waals surface area contributed by atoms with Crippen LogP contribution in [0, 0.1) is 12.8 Å². The summed E-state index contributed by atoms with van der Waals surface area (Å²) in [6.45, 7) is 6.64. The maximum absolute atomic E-state index is 10.2. The van der Waals surface area contributed by atoms with Crippen molar-refractivity contribution >= 4 is 11.6 Å². The van der Waals surface area contributed by atoms with Gasteiger partial charge in [-0.3, -0.25) is 0 Å². The number of aliphatic hydroxyl groups excluding tert-OH is 1. The van der Waals surface area contributed by atoms with Gasteiger partial charge in [-0.1, -0.05) is 26.7 Å². The Balaban J connectivity index is 2.05. The van der Waals surface area contributed by atoms with E-state index in [2.05, 4.69) is 29.1 Å². The van der Waals surface area contributed by atoms with E-state index in [0.29, 0.717) is 24.2 Å². The van der Waals surface area contributed by atoms with Gasteiger partial charge in [-0.15, -0.1) is 0 Å². The lowest BCUT2D eigenvalue weighted by molar-refractivity contribution is 0.114. The molecule has 112 valence electrons. The van der Waals surface area contributed by atoms with E-state index in [1.165, 1.54) is 0 Å². The lowest BCUT2D eigenvalue weighted by atomic mass is 9.96. The van der Waals surface area contributed by atoms with Gasteiger partial charge in [-0.25, -0.2) is 9.97 Å². The molecule has 1 aromatic heterocycles. The van der Waals surface area contributed by atoms with Crippen molar-refractivity contribution in [3.8, 4) is 0 Å². The SMILES string of the molecule is CCC(CC)C(O)CNc1nc(C2CC2)nc(N)c1C. The van der Waals surface area contributed by atoms with E-state index in [1.807, 2.05) is 6.92 Å². The summed E-state index contributed by atoms with van der Waals surface area (Å²) in [5, 5.41) is 13.4. The summed E-state index contributed by atoms with van der Waals surface area (Å²) in [6, 6.07) is 0. The van der Waals surface area contributed by atoms with E-state index < -0.39 is 0 Å². The second kappa shape index (κ2) is 6.39. The van der Waals surface area contributed by atoms with Crippen molar-refractivity contribution in [3.63, 3.8) is 0 Å². The number of aromatic nitrogens is 2. The van der Waals surface area contributed by atoms with Crippen molar-refractivity contribution in [2.24, 2.45) is 5.92 Å². The molecule has 0 bridgehead atoms. The molecule has 0 saturated heterocycles. The Bertz CT molecular complexity index is 455. The summed E-state index contributed by atoms with van der Waals surface area (Å²) in [4.78, 5) is 8.92. The molecular weight excluding hydrogens is 252 g/mol. The van der Waals surface area contributed by atoms with Crippen LogP contribution in [-0.2, 0) is 0 Å². The van der Waals surface area contributed by atoms with Gasteiger partial charge in [-0.2, -0.15) is 0 Å². The molecule has 0 aromatic carbocycles. The predicted molar refractivity (Wildman–Crippen MR) is 81.7 cm³/mol. The first kappa shape index (κ1) is 15.0. The summed E-state index contributed by atoms with van der Waals surface area (Å²) in [5.41, 5.74) is 6.82. The number of nitrogen functional groups attached to an aromatic ring is 1. The molecule has 4 N–H and O–H groups in total. The Kier molecular flexibility index (Phi) is 4.81. The Morgan fingerprint density at radius 3 is 2.50 bits per heavy atom. The van der Waals surface area contributed by atoms with Crippen LogP contribution >= 0.6 is 0 Å². The molecule has 1 unspecified atom stereocenters. The van der Waals surface area contributed by atoms with Gasteiger partial charge in [0.05, 0.1) is 6.10 Å². The number of rotatable bonds is 7. The monoisotopic (exact) mass is 278 g/mol. The van der Waals surface area contributed by atoms with Crippen molar-refractivity contribution in [3.05, 3.63) is 11.4 Å². The molecule has 1 aromatic rings. The van der Waals surface area contributed by atoms with Gasteiger partial charge in [0.15, 0.2) is 0 Å². The number of aliphatic hydroxyl groups is 1. The second-order valence-electron chi connectivity index (χ2n) is 5.74. The van der Waals surface area contributed by atoms with Crippen molar-refractivity contribution < 1.29 is 5.11 Å². The normalized spacial score (nSPS) is 16.4. The van der Waals surface area contributed by atoms with Gasteiger partial charge in [0.1, 0.15) is 17.5 Å². The zero-order valence-electron chi connectivity index (χ0n) is 12.7. The standard InChI is InChI=1S/C15H26N4O/c1-4-10(5-2)12(20)8-17-14-9(3)13(16)18-15(19-14)11-6-7-11/h10-12,20H,4-8H2,1-3H3,(H3,16,17,18,19).